The second-order valence-corrected chi connectivity index (χ2v) is 6.13. The summed E-state index contributed by atoms with van der Waals surface area (Å²) in [5, 5.41) is 8.72. The number of carbonyl (C=O) groups excluding carboxylic acids is 2. The Morgan fingerprint density at radius 2 is 1.24 bits per heavy atom. The summed E-state index contributed by atoms with van der Waals surface area (Å²) in [7, 11) is 2.76. The molecule has 1 aliphatic rings. The van der Waals surface area contributed by atoms with Crippen LogP contribution in [0.2, 0.25) is 0 Å². The van der Waals surface area contributed by atoms with E-state index in [0.717, 1.165) is 32.1 Å². The first-order valence-corrected chi connectivity index (χ1v) is 8.80. The number of hydrogen-bond acceptors (Lipinski definition) is 5. The van der Waals surface area contributed by atoms with Crippen LogP contribution >= 0.6 is 0 Å². The van der Waals surface area contributed by atoms with Crippen LogP contribution in [0, 0.1) is 0 Å². The van der Waals surface area contributed by atoms with Gasteiger partial charge in [-0.1, -0.05) is 38.5 Å². The minimum absolute atomic E-state index is 0. The molecule has 6 heteroatoms. The van der Waals surface area contributed by atoms with Crippen LogP contribution in [0.25, 0.3) is 0 Å². The Bertz CT molecular complexity index is 518. The molecule has 0 heterocycles. The number of Topliss-reactive ketones (excluding diaryl/α,β-unsaturated/α-hetero) is 2. The summed E-state index contributed by atoms with van der Waals surface area (Å²) in [6, 6.07) is 0. The number of ketones is 2. The van der Waals surface area contributed by atoms with Crippen LogP contribution < -0.4 is 0 Å². The number of hydrogen-bond donors (Lipinski definition) is 1. The molecule has 0 aromatic heterocycles. The van der Waals surface area contributed by atoms with Gasteiger partial charge in [-0.25, -0.2) is 0 Å². The summed E-state index contributed by atoms with van der Waals surface area (Å²) < 4.78 is 10.1. The maximum atomic E-state index is 12.5. The zero-order chi connectivity index (χ0) is 17.9. The molecule has 0 spiro atoms. The fraction of sp³-hybridized carbons (Fsp3) is 0.684. The molecule has 0 atom stereocenters. The van der Waals surface area contributed by atoms with E-state index in [-0.39, 0.29) is 55.6 Å². The molecule has 0 aromatic rings. The number of ether oxygens (including phenoxy) is 2. The third-order valence-electron chi connectivity index (χ3n) is 4.43. The molecule has 1 aliphatic carbocycles. The summed E-state index contributed by atoms with van der Waals surface area (Å²) in [6.45, 7) is 1.96. The van der Waals surface area contributed by atoms with Gasteiger partial charge in [-0.2, -0.15) is 0 Å². The van der Waals surface area contributed by atoms with Crippen LogP contribution in [0.5, 0.6) is 0 Å². The summed E-state index contributed by atoms with van der Waals surface area (Å²) in [5.74, 6) is -0.457. The van der Waals surface area contributed by atoms with E-state index < -0.39 is 0 Å². The van der Waals surface area contributed by atoms with E-state index in [0.29, 0.717) is 17.6 Å². The quantitative estimate of drug-likeness (QED) is 0.327. The SMILES string of the molecule is COC1=C(OC)C(=O)C(CCCCCCCCCCO)=C(C)C1=O.[H-].[H-].[Mg+2]. The minimum atomic E-state index is -0.257. The van der Waals surface area contributed by atoms with Gasteiger partial charge in [-0.05, 0) is 26.2 Å². The summed E-state index contributed by atoms with van der Waals surface area (Å²) in [6.07, 6.45) is 9.17. The molecular formula is C19H32MgO5. The Hall–Kier alpha value is -0.854. The molecule has 0 radical (unpaired) electrons. The predicted octanol–water partition coefficient (Wildman–Crippen LogP) is 3.31. The van der Waals surface area contributed by atoms with Gasteiger partial charge in [-0.15, -0.1) is 0 Å². The van der Waals surface area contributed by atoms with Crippen LogP contribution in [-0.2, 0) is 19.1 Å². The first-order valence-electron chi connectivity index (χ1n) is 8.80. The maximum absolute atomic E-state index is 12.5. The van der Waals surface area contributed by atoms with Crippen molar-refractivity contribution in [2.24, 2.45) is 0 Å². The Morgan fingerprint density at radius 1 is 0.800 bits per heavy atom. The fourth-order valence-corrected chi connectivity index (χ4v) is 2.97. The Morgan fingerprint density at radius 3 is 1.72 bits per heavy atom. The molecule has 0 bridgehead atoms. The van der Waals surface area contributed by atoms with E-state index in [4.69, 9.17) is 14.6 Å². The molecule has 0 aromatic carbocycles. The standard InChI is InChI=1S/C19H30O5.Mg.2H/c1-14-15(12-10-8-6-4-5-7-9-11-13-20)17(22)19(24-3)18(23-2)16(14)21;;;/h20H,4-13H2,1-3H3;;;/q;+2;2*-1. The number of unbranched alkanes of at least 4 members (excludes halogenated alkanes) is 7. The van der Waals surface area contributed by atoms with Crippen molar-refractivity contribution in [3.8, 4) is 0 Å². The largest absolute Gasteiger partial charge is 2.00 e. The van der Waals surface area contributed by atoms with Crippen LogP contribution in [0.1, 0.15) is 67.6 Å². The van der Waals surface area contributed by atoms with Gasteiger partial charge in [0.05, 0.1) is 14.2 Å². The van der Waals surface area contributed by atoms with E-state index in [1.54, 1.807) is 6.92 Å². The molecule has 0 saturated carbocycles. The van der Waals surface area contributed by atoms with Gasteiger partial charge < -0.3 is 17.4 Å². The smallest absolute Gasteiger partial charge is 1.00 e. The Kier molecular flexibility index (Phi) is 12.9. The van der Waals surface area contributed by atoms with Gasteiger partial charge in [0.15, 0.2) is 0 Å². The van der Waals surface area contributed by atoms with Gasteiger partial charge in [0.25, 0.3) is 0 Å². The number of rotatable bonds is 12. The zero-order valence-corrected chi connectivity index (χ0v) is 17.3. The molecular weight excluding hydrogens is 333 g/mol. The average molecular weight is 365 g/mol. The van der Waals surface area contributed by atoms with Gasteiger partial charge in [-0.3, -0.25) is 9.59 Å². The van der Waals surface area contributed by atoms with Crippen LogP contribution in [0.15, 0.2) is 22.7 Å². The first kappa shape index (κ1) is 24.1. The van der Waals surface area contributed by atoms with Crippen molar-refractivity contribution in [3.63, 3.8) is 0 Å². The van der Waals surface area contributed by atoms with Crippen molar-refractivity contribution in [1.29, 1.82) is 0 Å². The maximum Gasteiger partial charge on any atom is 2.00 e. The Balaban J connectivity index is -0.00000192. The second kappa shape index (κ2) is 13.4. The van der Waals surface area contributed by atoms with Crippen molar-refractivity contribution in [2.75, 3.05) is 20.8 Å². The van der Waals surface area contributed by atoms with Crippen molar-refractivity contribution in [3.05, 3.63) is 22.7 Å². The molecule has 1 N–H and O–H groups in total. The monoisotopic (exact) mass is 364 g/mol. The van der Waals surface area contributed by atoms with E-state index >= 15 is 0 Å². The van der Waals surface area contributed by atoms with Crippen molar-refractivity contribution in [1.82, 2.24) is 0 Å². The first-order chi connectivity index (χ1) is 11.6. The van der Waals surface area contributed by atoms with E-state index in [1.165, 1.54) is 33.5 Å². The number of allylic oxidation sites excluding steroid dienone is 2. The topological polar surface area (TPSA) is 72.8 Å². The van der Waals surface area contributed by atoms with Crippen LogP contribution in [0.3, 0.4) is 0 Å². The van der Waals surface area contributed by atoms with E-state index in [1.807, 2.05) is 0 Å². The van der Waals surface area contributed by atoms with Crippen LogP contribution in [0.4, 0.5) is 0 Å². The summed E-state index contributed by atoms with van der Waals surface area (Å²) >= 11 is 0. The summed E-state index contributed by atoms with van der Waals surface area (Å²) in [4.78, 5) is 24.7. The molecule has 25 heavy (non-hydrogen) atoms. The summed E-state index contributed by atoms with van der Waals surface area (Å²) in [5.41, 5.74) is 1.03. The number of methoxy groups -OCH3 is 2. The van der Waals surface area contributed by atoms with Crippen LogP contribution in [-0.4, -0.2) is 60.6 Å². The molecule has 0 fully saturated rings. The third-order valence-corrected chi connectivity index (χ3v) is 4.43. The van der Waals surface area contributed by atoms with E-state index in [2.05, 4.69) is 0 Å². The van der Waals surface area contributed by atoms with Crippen molar-refractivity contribution < 1.29 is 27.0 Å². The molecule has 0 amide bonds. The fourth-order valence-electron chi connectivity index (χ4n) is 2.97. The number of aliphatic hydroxyl groups is 1. The van der Waals surface area contributed by atoms with Gasteiger partial charge in [0.2, 0.25) is 23.1 Å². The van der Waals surface area contributed by atoms with Crippen molar-refractivity contribution >= 4 is 34.6 Å². The number of aliphatic hydroxyl groups excluding tert-OH is 1. The second-order valence-electron chi connectivity index (χ2n) is 6.13. The minimum Gasteiger partial charge on any atom is -1.00 e. The van der Waals surface area contributed by atoms with Gasteiger partial charge in [0.1, 0.15) is 0 Å². The third kappa shape index (κ3) is 7.11. The molecule has 5 nitrogen and oxygen atoms in total. The van der Waals surface area contributed by atoms with E-state index in [9.17, 15) is 9.59 Å². The van der Waals surface area contributed by atoms with Gasteiger partial charge >= 0.3 is 23.1 Å². The molecule has 0 saturated heterocycles. The normalized spacial score (nSPS) is 14.7. The average Bonchev–Trinajstić information content (AvgIpc) is 2.58. The van der Waals surface area contributed by atoms with Gasteiger partial charge in [0, 0.05) is 17.8 Å². The molecule has 1 rings (SSSR count). The molecule has 0 aliphatic heterocycles. The molecule has 140 valence electrons. The predicted molar refractivity (Wildman–Crippen MR) is 100 cm³/mol. The Labute approximate surface area is 170 Å². The zero-order valence-electron chi connectivity index (χ0n) is 17.9. The number of carbonyl (C=O) groups is 2. The van der Waals surface area contributed by atoms with Crippen molar-refractivity contribution in [2.45, 2.75) is 64.7 Å². The molecule has 0 unspecified atom stereocenters.